The fourth-order valence-corrected chi connectivity index (χ4v) is 2.84. The molecule has 0 aliphatic carbocycles. The first-order valence-corrected chi connectivity index (χ1v) is 8.55. The number of anilines is 1. The Labute approximate surface area is 148 Å². The van der Waals surface area contributed by atoms with Crippen LogP contribution in [-0.2, 0) is 16.1 Å². The Bertz CT molecular complexity index is 740. The Hall–Kier alpha value is -2.53. The number of carbonyl (C=O) groups is 1. The van der Waals surface area contributed by atoms with Gasteiger partial charge in [0.05, 0.1) is 24.6 Å². The zero-order valence-corrected chi connectivity index (χ0v) is 14.7. The average molecular weight is 340 g/mol. The molecule has 0 bridgehead atoms. The Balaban J connectivity index is 1.77. The lowest BCUT2D eigenvalue weighted by molar-refractivity contribution is 0.0466. The molecule has 0 unspecified atom stereocenters. The topological polar surface area (TPSA) is 54.6 Å². The molecule has 1 aliphatic rings. The fraction of sp³-hybridized carbons (Fsp3) is 0.350. The molecule has 1 aromatic carbocycles. The van der Waals surface area contributed by atoms with E-state index >= 15 is 0 Å². The second-order valence-electron chi connectivity index (χ2n) is 6.36. The number of carbonyl (C=O) groups excluding carboxylic acids is 1. The molecular formula is C20H24N2O3. The number of rotatable bonds is 5. The van der Waals surface area contributed by atoms with E-state index in [4.69, 9.17) is 9.47 Å². The number of H-pyrrole nitrogens is 1. The van der Waals surface area contributed by atoms with Gasteiger partial charge in [-0.05, 0) is 31.6 Å². The van der Waals surface area contributed by atoms with Crippen LogP contribution in [0.1, 0.15) is 35.6 Å². The van der Waals surface area contributed by atoms with Gasteiger partial charge in [-0.15, -0.1) is 0 Å². The Morgan fingerprint density at radius 1 is 1.24 bits per heavy atom. The maximum atomic E-state index is 12.4. The third kappa shape index (κ3) is 4.51. The minimum Gasteiger partial charge on any atom is -0.456 e. The van der Waals surface area contributed by atoms with Crippen LogP contribution in [0.2, 0.25) is 0 Å². The third-order valence-corrected chi connectivity index (χ3v) is 4.04. The summed E-state index contributed by atoms with van der Waals surface area (Å²) < 4.78 is 10.9. The highest BCUT2D eigenvalue weighted by Gasteiger charge is 2.20. The van der Waals surface area contributed by atoms with Crippen LogP contribution in [0.4, 0.5) is 5.69 Å². The number of benzene rings is 1. The molecule has 1 aromatic heterocycles. The lowest BCUT2D eigenvalue weighted by Crippen LogP contribution is -2.36. The summed E-state index contributed by atoms with van der Waals surface area (Å²) in [7, 11) is 0. The van der Waals surface area contributed by atoms with Crippen LogP contribution >= 0.6 is 0 Å². The molecule has 0 radical (unpaired) electrons. The van der Waals surface area contributed by atoms with E-state index in [-0.39, 0.29) is 12.6 Å². The van der Waals surface area contributed by atoms with Crippen molar-refractivity contribution in [1.82, 2.24) is 4.98 Å². The highest BCUT2D eigenvalue weighted by atomic mass is 16.5. The molecule has 0 amide bonds. The van der Waals surface area contributed by atoms with Crippen LogP contribution in [-0.4, -0.2) is 37.3 Å². The van der Waals surface area contributed by atoms with Crippen LogP contribution in [0, 0.1) is 0 Å². The number of esters is 1. The number of nitrogens with zero attached hydrogens (tertiary/aromatic N) is 1. The van der Waals surface area contributed by atoms with Gasteiger partial charge in [-0.25, -0.2) is 4.79 Å². The largest absolute Gasteiger partial charge is 0.456 e. The molecule has 5 nitrogen and oxygen atoms in total. The second-order valence-corrected chi connectivity index (χ2v) is 6.36. The van der Waals surface area contributed by atoms with Crippen molar-refractivity contribution in [2.75, 3.05) is 31.2 Å². The lowest BCUT2D eigenvalue weighted by atomic mass is 10.2. The van der Waals surface area contributed by atoms with Gasteiger partial charge in [0, 0.05) is 13.1 Å². The van der Waals surface area contributed by atoms with Crippen molar-refractivity contribution in [2.45, 2.75) is 20.5 Å². The molecule has 1 N–H and O–H groups in total. The Morgan fingerprint density at radius 3 is 2.64 bits per heavy atom. The zero-order valence-electron chi connectivity index (χ0n) is 14.7. The fourth-order valence-electron chi connectivity index (χ4n) is 2.84. The molecule has 1 fully saturated rings. The SMILES string of the molecule is CC(C)=Cc1[nH]c(C(=O)OCc2ccccc2)cc1N1CCOCC1. The number of allylic oxidation sites excluding steroid dienone is 1. The summed E-state index contributed by atoms with van der Waals surface area (Å²) in [6.07, 6.45) is 2.05. The van der Waals surface area contributed by atoms with E-state index in [1.807, 2.05) is 50.2 Å². The predicted octanol–water partition coefficient (Wildman–Crippen LogP) is 3.63. The summed E-state index contributed by atoms with van der Waals surface area (Å²) in [5, 5.41) is 0. The van der Waals surface area contributed by atoms with Crippen LogP contribution < -0.4 is 4.90 Å². The molecule has 2 heterocycles. The first-order valence-electron chi connectivity index (χ1n) is 8.55. The van der Waals surface area contributed by atoms with Gasteiger partial charge in [-0.3, -0.25) is 0 Å². The van der Waals surface area contributed by atoms with Crippen molar-refractivity contribution in [3.8, 4) is 0 Å². The average Bonchev–Trinajstić information content (AvgIpc) is 3.04. The quantitative estimate of drug-likeness (QED) is 0.845. The molecule has 25 heavy (non-hydrogen) atoms. The van der Waals surface area contributed by atoms with Crippen molar-refractivity contribution in [2.24, 2.45) is 0 Å². The van der Waals surface area contributed by atoms with Crippen LogP contribution in [0.15, 0.2) is 42.0 Å². The molecule has 3 rings (SSSR count). The molecule has 1 saturated heterocycles. The van der Waals surface area contributed by atoms with Gasteiger partial charge in [0.25, 0.3) is 0 Å². The summed E-state index contributed by atoms with van der Waals surface area (Å²) in [4.78, 5) is 17.9. The molecule has 0 spiro atoms. The normalized spacial score (nSPS) is 14.2. The van der Waals surface area contributed by atoms with Crippen molar-refractivity contribution in [1.29, 1.82) is 0 Å². The van der Waals surface area contributed by atoms with E-state index in [0.717, 1.165) is 30.0 Å². The minimum absolute atomic E-state index is 0.267. The minimum atomic E-state index is -0.341. The van der Waals surface area contributed by atoms with Crippen LogP contribution in [0.5, 0.6) is 0 Å². The summed E-state index contributed by atoms with van der Waals surface area (Å²) in [6, 6.07) is 11.6. The number of aromatic nitrogens is 1. The first-order chi connectivity index (χ1) is 12.1. The van der Waals surface area contributed by atoms with Gasteiger partial charge < -0.3 is 19.4 Å². The van der Waals surface area contributed by atoms with Gasteiger partial charge in [0.2, 0.25) is 0 Å². The van der Waals surface area contributed by atoms with Crippen molar-refractivity contribution in [3.63, 3.8) is 0 Å². The summed E-state index contributed by atoms with van der Waals surface area (Å²) >= 11 is 0. The van der Waals surface area contributed by atoms with Crippen molar-refractivity contribution >= 4 is 17.7 Å². The van der Waals surface area contributed by atoms with Crippen LogP contribution in [0.3, 0.4) is 0 Å². The smallest absolute Gasteiger partial charge is 0.355 e. The van der Waals surface area contributed by atoms with Gasteiger partial charge in [-0.2, -0.15) is 0 Å². The number of aromatic amines is 1. The number of hydrogen-bond acceptors (Lipinski definition) is 4. The second kappa shape index (κ2) is 8.03. The molecule has 1 aliphatic heterocycles. The van der Waals surface area contributed by atoms with E-state index in [2.05, 4.69) is 16.0 Å². The zero-order chi connectivity index (χ0) is 17.6. The van der Waals surface area contributed by atoms with E-state index in [1.54, 1.807) is 0 Å². The highest BCUT2D eigenvalue weighted by molar-refractivity contribution is 5.90. The van der Waals surface area contributed by atoms with Gasteiger partial charge >= 0.3 is 5.97 Å². The number of hydrogen-bond donors (Lipinski definition) is 1. The lowest BCUT2D eigenvalue weighted by Gasteiger charge is -2.28. The molecule has 132 valence electrons. The number of nitrogens with one attached hydrogen (secondary N) is 1. The standard InChI is InChI=1S/C20H24N2O3/c1-15(2)12-17-19(22-8-10-24-11-9-22)13-18(21-17)20(23)25-14-16-6-4-3-5-7-16/h3-7,12-13,21H,8-11,14H2,1-2H3. The molecule has 2 aromatic rings. The summed E-state index contributed by atoms with van der Waals surface area (Å²) in [5.41, 5.74) is 4.58. The van der Waals surface area contributed by atoms with E-state index in [0.29, 0.717) is 18.9 Å². The van der Waals surface area contributed by atoms with E-state index in [1.165, 1.54) is 5.57 Å². The number of morpholine rings is 1. The van der Waals surface area contributed by atoms with Crippen LogP contribution in [0.25, 0.3) is 6.08 Å². The van der Waals surface area contributed by atoms with E-state index < -0.39 is 0 Å². The summed E-state index contributed by atoms with van der Waals surface area (Å²) in [6.45, 7) is 7.39. The first kappa shape index (κ1) is 17.3. The van der Waals surface area contributed by atoms with Gasteiger partial charge in [0.1, 0.15) is 12.3 Å². The Kier molecular flexibility index (Phi) is 5.56. The number of ether oxygens (including phenoxy) is 2. The van der Waals surface area contributed by atoms with Crippen molar-refractivity contribution in [3.05, 3.63) is 58.9 Å². The van der Waals surface area contributed by atoms with Crippen molar-refractivity contribution < 1.29 is 14.3 Å². The maximum absolute atomic E-state index is 12.4. The predicted molar refractivity (Wildman–Crippen MR) is 98.7 cm³/mol. The van der Waals surface area contributed by atoms with E-state index in [9.17, 15) is 4.79 Å². The molecular weight excluding hydrogens is 316 g/mol. The Morgan fingerprint density at radius 2 is 1.96 bits per heavy atom. The highest BCUT2D eigenvalue weighted by Crippen LogP contribution is 2.26. The molecule has 0 atom stereocenters. The maximum Gasteiger partial charge on any atom is 0.355 e. The van der Waals surface area contributed by atoms with Gasteiger partial charge in [-0.1, -0.05) is 35.9 Å². The van der Waals surface area contributed by atoms with Gasteiger partial charge in [0.15, 0.2) is 0 Å². The molecule has 0 saturated carbocycles. The third-order valence-electron chi connectivity index (χ3n) is 4.04. The summed E-state index contributed by atoms with van der Waals surface area (Å²) in [5.74, 6) is -0.341. The molecule has 5 heteroatoms. The monoisotopic (exact) mass is 340 g/mol.